The molecule has 0 radical (unpaired) electrons. The van der Waals surface area contributed by atoms with Gasteiger partial charge in [-0.25, -0.2) is 0 Å². The van der Waals surface area contributed by atoms with Crippen LogP contribution < -0.4 is 0 Å². The van der Waals surface area contributed by atoms with E-state index in [0.717, 1.165) is 25.8 Å². The van der Waals surface area contributed by atoms with E-state index >= 15 is 0 Å². The highest BCUT2D eigenvalue weighted by molar-refractivity contribution is 5.67. The van der Waals surface area contributed by atoms with Crippen LogP contribution in [0.4, 0.5) is 0 Å². The lowest BCUT2D eigenvalue weighted by Gasteiger charge is -2.26. The molecule has 0 bridgehead atoms. The third-order valence-corrected chi connectivity index (χ3v) is 2.77. The average Bonchev–Trinajstić information content (AvgIpc) is 2.55. The van der Waals surface area contributed by atoms with Gasteiger partial charge in [-0.1, -0.05) is 6.92 Å². The molecule has 4 nitrogen and oxygen atoms in total. The minimum Gasteiger partial charge on any atom is -0.481 e. The highest BCUT2D eigenvalue weighted by Gasteiger charge is 2.31. The van der Waals surface area contributed by atoms with Gasteiger partial charge in [0.15, 0.2) is 0 Å². The molecule has 1 N–H and O–H groups in total. The number of nitrogens with zero attached hydrogens (tertiary/aromatic N) is 2. The Balaban J connectivity index is 2.59. The van der Waals surface area contributed by atoms with Gasteiger partial charge in [-0.3, -0.25) is 9.69 Å². The summed E-state index contributed by atoms with van der Waals surface area (Å²) in [6, 6.07) is 2.19. The van der Waals surface area contributed by atoms with Gasteiger partial charge >= 0.3 is 5.97 Å². The normalized spacial score (nSPS) is 24.4. The van der Waals surface area contributed by atoms with Gasteiger partial charge in [-0.05, 0) is 25.8 Å². The minimum atomic E-state index is -0.769. The van der Waals surface area contributed by atoms with E-state index < -0.39 is 5.97 Å². The Hall–Kier alpha value is -1.08. The van der Waals surface area contributed by atoms with Crippen molar-refractivity contribution in [3.8, 4) is 6.07 Å². The van der Waals surface area contributed by atoms with Crippen molar-refractivity contribution in [1.82, 2.24) is 4.90 Å². The molecule has 0 aromatic heterocycles. The van der Waals surface area contributed by atoms with E-state index in [4.69, 9.17) is 10.4 Å². The van der Waals surface area contributed by atoms with Crippen LogP contribution in [-0.4, -0.2) is 34.6 Å². The zero-order chi connectivity index (χ0) is 10.6. The number of carbonyl (C=O) groups is 1. The fourth-order valence-corrected chi connectivity index (χ4v) is 2.09. The molecule has 1 heterocycles. The van der Waals surface area contributed by atoms with Crippen molar-refractivity contribution in [3.63, 3.8) is 0 Å². The van der Waals surface area contributed by atoms with Gasteiger partial charge in [0.05, 0.1) is 18.5 Å². The van der Waals surface area contributed by atoms with Crippen molar-refractivity contribution in [2.75, 3.05) is 6.54 Å². The maximum absolute atomic E-state index is 10.6. The zero-order valence-electron chi connectivity index (χ0n) is 8.44. The molecule has 0 amide bonds. The predicted octanol–water partition coefficient (Wildman–Crippen LogP) is 1.23. The first-order valence-corrected chi connectivity index (χ1v) is 5.06. The number of hydrogen-bond donors (Lipinski definition) is 1. The second-order valence-electron chi connectivity index (χ2n) is 3.68. The largest absolute Gasteiger partial charge is 0.481 e. The van der Waals surface area contributed by atoms with Crippen LogP contribution in [0, 0.1) is 11.3 Å². The quantitative estimate of drug-likeness (QED) is 0.734. The third kappa shape index (κ3) is 2.46. The van der Waals surface area contributed by atoms with Crippen LogP contribution in [0.1, 0.15) is 32.6 Å². The van der Waals surface area contributed by atoms with Gasteiger partial charge in [0.1, 0.15) is 0 Å². The van der Waals surface area contributed by atoms with Crippen molar-refractivity contribution >= 4 is 5.97 Å². The predicted molar refractivity (Wildman–Crippen MR) is 51.7 cm³/mol. The molecule has 14 heavy (non-hydrogen) atoms. The van der Waals surface area contributed by atoms with Gasteiger partial charge in [0, 0.05) is 6.04 Å². The summed E-state index contributed by atoms with van der Waals surface area (Å²) in [6.45, 7) is 2.83. The molecule has 0 aromatic rings. The van der Waals surface area contributed by atoms with Crippen LogP contribution in [0.2, 0.25) is 0 Å². The summed E-state index contributed by atoms with van der Waals surface area (Å²) in [5.41, 5.74) is 0. The summed E-state index contributed by atoms with van der Waals surface area (Å²) in [6.07, 6.45) is 2.85. The van der Waals surface area contributed by atoms with E-state index in [-0.39, 0.29) is 18.5 Å². The topological polar surface area (TPSA) is 64.3 Å². The number of carboxylic acid groups (broad SMARTS) is 1. The minimum absolute atomic E-state index is 0.0668. The van der Waals surface area contributed by atoms with Gasteiger partial charge in [-0.2, -0.15) is 5.26 Å². The molecule has 1 rings (SSSR count). The first-order chi connectivity index (χ1) is 6.69. The van der Waals surface area contributed by atoms with Crippen molar-refractivity contribution < 1.29 is 9.90 Å². The summed E-state index contributed by atoms with van der Waals surface area (Å²) in [5.74, 6) is -0.769. The van der Waals surface area contributed by atoms with Gasteiger partial charge in [-0.15, -0.1) is 0 Å². The number of hydrogen-bond acceptors (Lipinski definition) is 3. The van der Waals surface area contributed by atoms with Crippen molar-refractivity contribution in [3.05, 3.63) is 0 Å². The van der Waals surface area contributed by atoms with Crippen LogP contribution in [0.5, 0.6) is 0 Å². The Kier molecular flexibility index (Phi) is 3.90. The van der Waals surface area contributed by atoms with Crippen LogP contribution in [0.15, 0.2) is 0 Å². The van der Waals surface area contributed by atoms with E-state index in [1.165, 1.54) is 0 Å². The van der Waals surface area contributed by atoms with E-state index in [2.05, 4.69) is 6.07 Å². The van der Waals surface area contributed by atoms with Crippen molar-refractivity contribution in [1.29, 1.82) is 5.26 Å². The highest BCUT2D eigenvalue weighted by atomic mass is 16.4. The van der Waals surface area contributed by atoms with Crippen molar-refractivity contribution in [2.45, 2.75) is 44.7 Å². The fraction of sp³-hybridized carbons (Fsp3) is 0.800. The summed E-state index contributed by atoms with van der Waals surface area (Å²) < 4.78 is 0. The SMILES string of the molecule is CCC(C#N)N1CCCC1CC(=O)O. The van der Waals surface area contributed by atoms with E-state index in [1.807, 2.05) is 11.8 Å². The van der Waals surface area contributed by atoms with Gasteiger partial charge < -0.3 is 5.11 Å². The first-order valence-electron chi connectivity index (χ1n) is 5.06. The Labute approximate surface area is 84.1 Å². The smallest absolute Gasteiger partial charge is 0.304 e. The second kappa shape index (κ2) is 4.97. The molecule has 0 spiro atoms. The Morgan fingerprint density at radius 3 is 3.00 bits per heavy atom. The Morgan fingerprint density at radius 1 is 1.79 bits per heavy atom. The highest BCUT2D eigenvalue weighted by Crippen LogP contribution is 2.23. The Morgan fingerprint density at radius 2 is 2.50 bits per heavy atom. The van der Waals surface area contributed by atoms with Gasteiger partial charge in [0.25, 0.3) is 0 Å². The third-order valence-electron chi connectivity index (χ3n) is 2.77. The Bertz CT molecular complexity index is 247. The van der Waals surface area contributed by atoms with Gasteiger partial charge in [0.2, 0.25) is 0 Å². The number of likely N-dealkylation sites (tertiary alicyclic amines) is 1. The number of carboxylic acids is 1. The molecule has 1 aliphatic heterocycles. The fourth-order valence-electron chi connectivity index (χ4n) is 2.09. The lowest BCUT2D eigenvalue weighted by molar-refractivity contribution is -0.138. The molecule has 0 saturated carbocycles. The second-order valence-corrected chi connectivity index (χ2v) is 3.68. The molecule has 2 unspecified atom stereocenters. The molecule has 1 aliphatic rings. The van der Waals surface area contributed by atoms with E-state index in [0.29, 0.717) is 0 Å². The first kappa shape index (κ1) is 11.0. The van der Waals surface area contributed by atoms with Crippen LogP contribution in [-0.2, 0) is 4.79 Å². The summed E-state index contributed by atoms with van der Waals surface area (Å²) >= 11 is 0. The van der Waals surface area contributed by atoms with Crippen molar-refractivity contribution in [2.24, 2.45) is 0 Å². The molecule has 4 heteroatoms. The zero-order valence-corrected chi connectivity index (χ0v) is 8.44. The van der Waals surface area contributed by atoms with Crippen LogP contribution in [0.25, 0.3) is 0 Å². The lowest BCUT2D eigenvalue weighted by atomic mass is 10.1. The van der Waals surface area contributed by atoms with E-state index in [9.17, 15) is 4.79 Å². The van der Waals surface area contributed by atoms with Crippen LogP contribution >= 0.6 is 0 Å². The molecule has 1 fully saturated rings. The number of nitriles is 1. The molecule has 0 aromatic carbocycles. The van der Waals surface area contributed by atoms with E-state index in [1.54, 1.807) is 0 Å². The standard InChI is InChI=1S/C10H16N2O2/c1-2-8(7-11)12-5-3-4-9(12)6-10(13)14/h8-9H,2-6H2,1H3,(H,13,14). The molecule has 2 atom stereocenters. The average molecular weight is 196 g/mol. The molecular weight excluding hydrogens is 180 g/mol. The molecule has 1 saturated heterocycles. The number of rotatable bonds is 4. The number of aliphatic carboxylic acids is 1. The molecular formula is C10H16N2O2. The monoisotopic (exact) mass is 196 g/mol. The lowest BCUT2D eigenvalue weighted by Crippen LogP contribution is -2.39. The maximum atomic E-state index is 10.6. The van der Waals surface area contributed by atoms with Crippen LogP contribution in [0.3, 0.4) is 0 Å². The summed E-state index contributed by atoms with van der Waals surface area (Å²) in [5, 5.41) is 17.6. The molecule has 78 valence electrons. The summed E-state index contributed by atoms with van der Waals surface area (Å²) in [7, 11) is 0. The maximum Gasteiger partial charge on any atom is 0.304 e. The molecule has 0 aliphatic carbocycles. The summed E-state index contributed by atoms with van der Waals surface area (Å²) in [4.78, 5) is 12.6.